The molecule has 0 saturated carbocycles. The van der Waals surface area contributed by atoms with Gasteiger partial charge in [0.05, 0.1) is 32.2 Å². The van der Waals surface area contributed by atoms with Gasteiger partial charge in [0.1, 0.15) is 6.54 Å². The molecule has 2 aliphatic heterocycles. The van der Waals surface area contributed by atoms with Gasteiger partial charge >= 0.3 is 0 Å². The first-order chi connectivity index (χ1) is 10.2. The third-order valence-electron chi connectivity index (χ3n) is 5.42. The number of rotatable bonds is 3. The van der Waals surface area contributed by atoms with Crippen LogP contribution in [0.15, 0.2) is 24.3 Å². The topological polar surface area (TPSA) is 8.88 Å². The van der Waals surface area contributed by atoms with Crippen LogP contribution in [0.25, 0.3) is 0 Å². The molecule has 21 heavy (non-hydrogen) atoms. The van der Waals surface area contributed by atoms with E-state index in [4.69, 9.17) is 11.6 Å². The van der Waals surface area contributed by atoms with Gasteiger partial charge < -0.3 is 9.80 Å². The fourth-order valence-corrected chi connectivity index (χ4v) is 4.46. The molecule has 3 heteroatoms. The number of hydrogen-bond donors (Lipinski definition) is 2. The molecule has 2 atom stereocenters. The van der Waals surface area contributed by atoms with Crippen LogP contribution in [0.2, 0.25) is 5.02 Å². The molecule has 3 rings (SSSR count). The first kappa shape index (κ1) is 15.3. The summed E-state index contributed by atoms with van der Waals surface area (Å²) in [5.41, 5.74) is 1.38. The standard InChI is InChI=1S/C18H27ClN2/c1-15-4-3-9-21(13-15)18-7-10-20(11-8-18)14-16-5-2-6-17(19)12-16/h2,5-6,12,15,18H,3-4,7-11,13-14H2,1H3/p+2. The van der Waals surface area contributed by atoms with Crippen LogP contribution in [0, 0.1) is 5.92 Å². The van der Waals surface area contributed by atoms with Crippen molar-refractivity contribution in [2.75, 3.05) is 26.2 Å². The summed E-state index contributed by atoms with van der Waals surface area (Å²) in [6.07, 6.45) is 5.68. The second-order valence-electron chi connectivity index (χ2n) is 7.19. The van der Waals surface area contributed by atoms with Crippen molar-refractivity contribution in [1.29, 1.82) is 0 Å². The number of nitrogens with one attached hydrogen (secondary N) is 2. The van der Waals surface area contributed by atoms with Crippen LogP contribution in [-0.2, 0) is 6.54 Å². The summed E-state index contributed by atoms with van der Waals surface area (Å²) in [5, 5.41) is 0.869. The maximum absolute atomic E-state index is 6.09. The number of halogens is 1. The van der Waals surface area contributed by atoms with E-state index < -0.39 is 0 Å². The van der Waals surface area contributed by atoms with E-state index in [1.54, 1.807) is 4.90 Å². The normalized spacial score (nSPS) is 33.8. The molecule has 2 unspecified atom stereocenters. The van der Waals surface area contributed by atoms with Gasteiger partial charge in [-0.15, -0.1) is 0 Å². The first-order valence-corrected chi connectivity index (χ1v) is 9.01. The third kappa shape index (κ3) is 4.21. The van der Waals surface area contributed by atoms with E-state index in [9.17, 15) is 0 Å². The quantitative estimate of drug-likeness (QED) is 0.830. The summed E-state index contributed by atoms with van der Waals surface area (Å²) in [4.78, 5) is 3.63. The van der Waals surface area contributed by atoms with Crippen LogP contribution in [0.1, 0.15) is 38.2 Å². The molecular formula is C18H29ClN2+2. The average Bonchev–Trinajstić information content (AvgIpc) is 2.48. The van der Waals surface area contributed by atoms with E-state index >= 15 is 0 Å². The zero-order valence-corrected chi connectivity index (χ0v) is 14.0. The molecule has 0 aromatic heterocycles. The van der Waals surface area contributed by atoms with Gasteiger partial charge in [0.25, 0.3) is 0 Å². The maximum atomic E-state index is 6.09. The van der Waals surface area contributed by atoms with Crippen LogP contribution in [0.3, 0.4) is 0 Å². The summed E-state index contributed by atoms with van der Waals surface area (Å²) in [5.74, 6) is 0.936. The molecule has 2 aliphatic rings. The number of benzene rings is 1. The third-order valence-corrected chi connectivity index (χ3v) is 5.65. The van der Waals surface area contributed by atoms with Gasteiger partial charge in [0.15, 0.2) is 0 Å². The van der Waals surface area contributed by atoms with Crippen molar-refractivity contribution in [2.24, 2.45) is 5.92 Å². The molecular weight excluding hydrogens is 280 g/mol. The molecule has 2 nitrogen and oxygen atoms in total. The van der Waals surface area contributed by atoms with Gasteiger partial charge in [0.2, 0.25) is 0 Å². The Labute approximate surface area is 134 Å². The highest BCUT2D eigenvalue weighted by Crippen LogP contribution is 2.10. The van der Waals surface area contributed by atoms with Gasteiger partial charge in [-0.2, -0.15) is 0 Å². The summed E-state index contributed by atoms with van der Waals surface area (Å²) in [7, 11) is 0. The minimum atomic E-state index is 0.869. The molecule has 2 fully saturated rings. The number of hydrogen-bond acceptors (Lipinski definition) is 0. The molecule has 2 saturated heterocycles. The lowest BCUT2D eigenvalue weighted by atomic mass is 9.95. The molecule has 2 N–H and O–H groups in total. The largest absolute Gasteiger partial charge is 0.332 e. The van der Waals surface area contributed by atoms with Crippen molar-refractivity contribution in [3.63, 3.8) is 0 Å². The summed E-state index contributed by atoms with van der Waals surface area (Å²) >= 11 is 6.09. The monoisotopic (exact) mass is 308 g/mol. The molecule has 1 aromatic carbocycles. The molecule has 1 aromatic rings. The van der Waals surface area contributed by atoms with Crippen molar-refractivity contribution in [1.82, 2.24) is 0 Å². The minimum Gasteiger partial charge on any atom is -0.332 e. The van der Waals surface area contributed by atoms with E-state index in [1.807, 2.05) is 11.0 Å². The Morgan fingerprint density at radius 1 is 1.14 bits per heavy atom. The van der Waals surface area contributed by atoms with E-state index in [1.165, 1.54) is 57.4 Å². The van der Waals surface area contributed by atoms with Crippen molar-refractivity contribution in [3.8, 4) is 0 Å². The Balaban J connectivity index is 1.48. The van der Waals surface area contributed by atoms with Crippen LogP contribution >= 0.6 is 11.6 Å². The molecule has 0 spiro atoms. The number of likely N-dealkylation sites (tertiary alicyclic amines) is 2. The molecule has 0 aliphatic carbocycles. The lowest BCUT2D eigenvalue weighted by molar-refractivity contribution is -0.967. The van der Waals surface area contributed by atoms with Crippen molar-refractivity contribution in [2.45, 2.75) is 45.2 Å². The SMILES string of the molecule is CC1CCC[NH+](C2CC[NH+](Cc3cccc(Cl)c3)CC2)C1. The lowest BCUT2D eigenvalue weighted by Gasteiger charge is -2.37. The maximum Gasteiger partial charge on any atom is 0.103 e. The molecule has 0 radical (unpaired) electrons. The summed E-state index contributed by atoms with van der Waals surface area (Å²) < 4.78 is 0. The van der Waals surface area contributed by atoms with Crippen molar-refractivity contribution < 1.29 is 9.80 Å². The zero-order chi connectivity index (χ0) is 14.7. The summed E-state index contributed by atoms with van der Waals surface area (Å²) in [6.45, 7) is 9.05. The Morgan fingerprint density at radius 3 is 2.67 bits per heavy atom. The van der Waals surface area contributed by atoms with Gasteiger partial charge in [-0.3, -0.25) is 0 Å². The summed E-state index contributed by atoms with van der Waals surface area (Å²) in [6, 6.07) is 9.30. The van der Waals surface area contributed by atoms with E-state index in [2.05, 4.69) is 25.1 Å². The predicted octanol–water partition coefficient (Wildman–Crippen LogP) is 1.20. The number of piperidine rings is 2. The van der Waals surface area contributed by atoms with E-state index in [-0.39, 0.29) is 0 Å². The highest BCUT2D eigenvalue weighted by atomic mass is 35.5. The average molecular weight is 309 g/mol. The Hall–Kier alpha value is -0.570. The van der Waals surface area contributed by atoms with Crippen molar-refractivity contribution in [3.05, 3.63) is 34.9 Å². The van der Waals surface area contributed by atoms with Gasteiger partial charge in [-0.05, 0) is 25.0 Å². The molecule has 0 amide bonds. The van der Waals surface area contributed by atoms with E-state index in [0.29, 0.717) is 0 Å². The Kier molecular flexibility index (Phi) is 5.20. The van der Waals surface area contributed by atoms with Crippen LogP contribution < -0.4 is 9.80 Å². The van der Waals surface area contributed by atoms with Gasteiger partial charge in [-0.1, -0.05) is 30.7 Å². The molecule has 0 bridgehead atoms. The molecule has 116 valence electrons. The highest BCUT2D eigenvalue weighted by molar-refractivity contribution is 6.30. The second-order valence-corrected chi connectivity index (χ2v) is 7.63. The Bertz CT molecular complexity index is 454. The van der Waals surface area contributed by atoms with E-state index in [0.717, 1.165) is 23.5 Å². The predicted molar refractivity (Wildman–Crippen MR) is 88.0 cm³/mol. The van der Waals surface area contributed by atoms with Gasteiger partial charge in [-0.25, -0.2) is 0 Å². The highest BCUT2D eigenvalue weighted by Gasteiger charge is 2.32. The minimum absolute atomic E-state index is 0.869. The van der Waals surface area contributed by atoms with Crippen LogP contribution in [-0.4, -0.2) is 32.2 Å². The second kappa shape index (κ2) is 7.13. The Morgan fingerprint density at radius 2 is 1.95 bits per heavy atom. The van der Waals surface area contributed by atoms with Crippen LogP contribution in [0.4, 0.5) is 0 Å². The lowest BCUT2D eigenvalue weighted by Crippen LogP contribution is -3.21. The van der Waals surface area contributed by atoms with Crippen molar-refractivity contribution >= 4 is 11.6 Å². The van der Waals surface area contributed by atoms with Crippen LogP contribution in [0.5, 0.6) is 0 Å². The fourth-order valence-electron chi connectivity index (χ4n) is 4.25. The number of quaternary nitrogens is 2. The molecule has 2 heterocycles. The van der Waals surface area contributed by atoms with Gasteiger partial charge in [0, 0.05) is 29.3 Å². The smallest absolute Gasteiger partial charge is 0.103 e. The first-order valence-electron chi connectivity index (χ1n) is 8.63. The zero-order valence-electron chi connectivity index (χ0n) is 13.2. The fraction of sp³-hybridized carbons (Fsp3) is 0.667.